The van der Waals surface area contributed by atoms with Gasteiger partial charge < -0.3 is 5.32 Å². The zero-order chi connectivity index (χ0) is 11.1. The van der Waals surface area contributed by atoms with Gasteiger partial charge in [-0.3, -0.25) is 0 Å². The Morgan fingerprint density at radius 1 is 1.14 bits per heavy atom. The van der Waals surface area contributed by atoms with Crippen molar-refractivity contribution in [3.63, 3.8) is 0 Å². The van der Waals surface area contributed by atoms with Gasteiger partial charge in [0.1, 0.15) is 0 Å². The fourth-order valence-corrected chi connectivity index (χ4v) is 2.85. The molecule has 14 heavy (non-hydrogen) atoms. The minimum absolute atomic E-state index is 0.465. The standard InChI is InChI=1S/C13H25N/c1-9(2)8-10(14-7)11-12(3,4)13(11,5)6/h8,10-11,14H,1-7H3. The molecule has 0 spiro atoms. The summed E-state index contributed by atoms with van der Waals surface area (Å²) in [6.07, 6.45) is 2.36. The molecule has 1 atom stereocenters. The van der Waals surface area contributed by atoms with Gasteiger partial charge in [-0.15, -0.1) is 0 Å². The predicted molar refractivity (Wildman–Crippen MR) is 63.3 cm³/mol. The summed E-state index contributed by atoms with van der Waals surface area (Å²) < 4.78 is 0. The largest absolute Gasteiger partial charge is 0.313 e. The van der Waals surface area contributed by atoms with E-state index in [1.807, 2.05) is 0 Å². The number of likely N-dealkylation sites (N-methyl/N-ethyl adjacent to an activating group) is 1. The van der Waals surface area contributed by atoms with Gasteiger partial charge in [-0.25, -0.2) is 0 Å². The quantitative estimate of drug-likeness (QED) is 0.682. The van der Waals surface area contributed by atoms with Crippen LogP contribution in [-0.4, -0.2) is 13.1 Å². The molecule has 0 radical (unpaired) electrons. The van der Waals surface area contributed by atoms with Crippen molar-refractivity contribution in [3.8, 4) is 0 Å². The summed E-state index contributed by atoms with van der Waals surface area (Å²) in [6, 6.07) is 0.532. The summed E-state index contributed by atoms with van der Waals surface area (Å²) in [7, 11) is 2.06. The second-order valence-corrected chi connectivity index (χ2v) is 5.98. The number of hydrogen-bond acceptors (Lipinski definition) is 1. The van der Waals surface area contributed by atoms with Crippen LogP contribution in [0.3, 0.4) is 0 Å². The Bertz CT molecular complexity index is 230. The van der Waals surface area contributed by atoms with Gasteiger partial charge in [-0.05, 0) is 37.6 Å². The number of allylic oxidation sites excluding steroid dienone is 1. The Labute approximate surface area is 89.0 Å². The minimum Gasteiger partial charge on any atom is -0.313 e. The molecule has 1 aliphatic rings. The molecule has 1 unspecified atom stereocenters. The maximum atomic E-state index is 3.43. The van der Waals surface area contributed by atoms with E-state index in [4.69, 9.17) is 0 Å². The topological polar surface area (TPSA) is 12.0 Å². The van der Waals surface area contributed by atoms with Crippen molar-refractivity contribution in [3.05, 3.63) is 11.6 Å². The summed E-state index contributed by atoms with van der Waals surface area (Å²) in [4.78, 5) is 0. The lowest BCUT2D eigenvalue weighted by atomic mass is 10.0. The summed E-state index contributed by atoms with van der Waals surface area (Å²) in [5, 5.41) is 3.43. The molecule has 1 N–H and O–H groups in total. The number of rotatable bonds is 3. The Morgan fingerprint density at radius 2 is 1.57 bits per heavy atom. The van der Waals surface area contributed by atoms with E-state index in [0.717, 1.165) is 5.92 Å². The highest BCUT2D eigenvalue weighted by atomic mass is 14.9. The van der Waals surface area contributed by atoms with Gasteiger partial charge in [-0.2, -0.15) is 0 Å². The molecular weight excluding hydrogens is 170 g/mol. The lowest BCUT2D eigenvalue weighted by Crippen LogP contribution is -2.28. The van der Waals surface area contributed by atoms with E-state index in [9.17, 15) is 0 Å². The van der Waals surface area contributed by atoms with E-state index < -0.39 is 0 Å². The maximum absolute atomic E-state index is 3.43. The van der Waals surface area contributed by atoms with Crippen molar-refractivity contribution in [2.45, 2.75) is 47.6 Å². The van der Waals surface area contributed by atoms with E-state index in [1.165, 1.54) is 5.57 Å². The van der Waals surface area contributed by atoms with Crippen molar-refractivity contribution in [1.82, 2.24) is 5.32 Å². The normalized spacial score (nSPS) is 25.6. The second kappa shape index (κ2) is 3.37. The smallest absolute Gasteiger partial charge is 0.0288 e. The van der Waals surface area contributed by atoms with Gasteiger partial charge >= 0.3 is 0 Å². The van der Waals surface area contributed by atoms with Gasteiger partial charge in [-0.1, -0.05) is 39.3 Å². The molecule has 0 amide bonds. The van der Waals surface area contributed by atoms with Crippen LogP contribution in [0.1, 0.15) is 41.5 Å². The lowest BCUT2D eigenvalue weighted by molar-refractivity contribution is 0.457. The molecule has 1 heteroatoms. The minimum atomic E-state index is 0.465. The van der Waals surface area contributed by atoms with Crippen LogP contribution in [0.25, 0.3) is 0 Å². The van der Waals surface area contributed by atoms with Crippen LogP contribution in [0.2, 0.25) is 0 Å². The highest BCUT2D eigenvalue weighted by Crippen LogP contribution is 2.69. The summed E-state index contributed by atoms with van der Waals surface area (Å²) in [5.74, 6) is 0.759. The SMILES string of the molecule is CNC(C=C(C)C)C1C(C)(C)C1(C)C. The third-order valence-corrected chi connectivity index (χ3v) is 4.34. The molecule has 0 aromatic carbocycles. The molecule has 1 saturated carbocycles. The highest BCUT2D eigenvalue weighted by molar-refractivity contribution is 5.21. The summed E-state index contributed by atoms with van der Waals surface area (Å²) >= 11 is 0. The van der Waals surface area contributed by atoms with Gasteiger partial charge in [0, 0.05) is 6.04 Å². The van der Waals surface area contributed by atoms with E-state index in [0.29, 0.717) is 16.9 Å². The van der Waals surface area contributed by atoms with Crippen LogP contribution in [-0.2, 0) is 0 Å². The van der Waals surface area contributed by atoms with Crippen LogP contribution in [0.4, 0.5) is 0 Å². The first-order chi connectivity index (χ1) is 6.25. The van der Waals surface area contributed by atoms with Crippen molar-refractivity contribution < 1.29 is 0 Å². The van der Waals surface area contributed by atoms with Gasteiger partial charge in [0.2, 0.25) is 0 Å². The van der Waals surface area contributed by atoms with Crippen molar-refractivity contribution in [2.24, 2.45) is 16.7 Å². The fourth-order valence-electron chi connectivity index (χ4n) is 2.85. The first-order valence-electron chi connectivity index (χ1n) is 5.57. The van der Waals surface area contributed by atoms with Crippen molar-refractivity contribution in [1.29, 1.82) is 0 Å². The lowest BCUT2D eigenvalue weighted by Gasteiger charge is -2.14. The Balaban J connectivity index is 2.81. The average molecular weight is 195 g/mol. The van der Waals surface area contributed by atoms with Gasteiger partial charge in [0.15, 0.2) is 0 Å². The fraction of sp³-hybridized carbons (Fsp3) is 0.846. The number of hydrogen-bond donors (Lipinski definition) is 1. The molecular formula is C13H25N. The Hall–Kier alpha value is -0.300. The summed E-state index contributed by atoms with van der Waals surface area (Å²) in [5.41, 5.74) is 2.34. The monoisotopic (exact) mass is 195 g/mol. The first kappa shape index (κ1) is 11.8. The predicted octanol–water partition coefficient (Wildman–Crippen LogP) is 3.22. The van der Waals surface area contributed by atoms with E-state index in [1.54, 1.807) is 0 Å². The van der Waals surface area contributed by atoms with Gasteiger partial charge in [0.05, 0.1) is 0 Å². The zero-order valence-corrected chi connectivity index (χ0v) is 10.7. The van der Waals surface area contributed by atoms with Crippen LogP contribution in [0, 0.1) is 16.7 Å². The average Bonchev–Trinajstić information content (AvgIpc) is 2.39. The molecule has 1 aliphatic carbocycles. The Kier molecular flexibility index (Phi) is 2.84. The molecule has 0 bridgehead atoms. The van der Waals surface area contributed by atoms with Crippen LogP contribution in [0.15, 0.2) is 11.6 Å². The molecule has 0 aromatic heterocycles. The first-order valence-corrected chi connectivity index (χ1v) is 5.57. The molecule has 0 heterocycles. The van der Waals surface area contributed by atoms with Crippen LogP contribution < -0.4 is 5.32 Å². The van der Waals surface area contributed by atoms with Gasteiger partial charge in [0.25, 0.3) is 0 Å². The molecule has 1 rings (SSSR count). The molecule has 82 valence electrons. The van der Waals surface area contributed by atoms with E-state index >= 15 is 0 Å². The van der Waals surface area contributed by atoms with Crippen LogP contribution >= 0.6 is 0 Å². The van der Waals surface area contributed by atoms with E-state index in [-0.39, 0.29) is 0 Å². The number of nitrogens with one attached hydrogen (secondary N) is 1. The molecule has 1 nitrogen and oxygen atoms in total. The molecule has 0 saturated heterocycles. The third kappa shape index (κ3) is 1.63. The summed E-state index contributed by atoms with van der Waals surface area (Å²) in [6.45, 7) is 13.8. The Morgan fingerprint density at radius 3 is 1.79 bits per heavy atom. The maximum Gasteiger partial charge on any atom is 0.0288 e. The molecule has 0 aromatic rings. The highest BCUT2D eigenvalue weighted by Gasteiger charge is 2.66. The molecule has 1 fully saturated rings. The zero-order valence-electron chi connectivity index (χ0n) is 10.7. The van der Waals surface area contributed by atoms with Crippen LogP contribution in [0.5, 0.6) is 0 Å². The van der Waals surface area contributed by atoms with Crippen molar-refractivity contribution >= 4 is 0 Å². The second-order valence-electron chi connectivity index (χ2n) is 5.98. The van der Waals surface area contributed by atoms with E-state index in [2.05, 4.69) is 60.0 Å². The van der Waals surface area contributed by atoms with Crippen molar-refractivity contribution in [2.75, 3.05) is 7.05 Å². The molecule has 0 aliphatic heterocycles. The third-order valence-electron chi connectivity index (χ3n) is 4.34.